The Labute approximate surface area is 93.5 Å². The predicted molar refractivity (Wildman–Crippen MR) is 65.3 cm³/mol. The summed E-state index contributed by atoms with van der Waals surface area (Å²) in [6, 6.07) is 8.82. The summed E-state index contributed by atoms with van der Waals surface area (Å²) < 4.78 is 5.17. The fourth-order valence-corrected chi connectivity index (χ4v) is 2.03. The molecule has 1 atom stereocenters. The number of hydrogen-bond donors (Lipinski definition) is 0. The Kier molecular flexibility index (Phi) is 4.83. The summed E-state index contributed by atoms with van der Waals surface area (Å²) >= 11 is 0. The molecule has 0 saturated carbocycles. The Morgan fingerprint density at radius 3 is 2.53 bits per heavy atom. The summed E-state index contributed by atoms with van der Waals surface area (Å²) in [5.74, 6) is 1.28. The first-order chi connectivity index (χ1) is 7.15. The molecule has 1 nitrogen and oxygen atoms in total. The molecule has 84 valence electrons. The SMILES string of the molecule is COCC[C@H](c1cccc(C)c1)C(C)C. The van der Waals surface area contributed by atoms with Crippen molar-refractivity contribution in [2.45, 2.75) is 33.1 Å². The second-order valence-electron chi connectivity index (χ2n) is 4.55. The molecule has 0 spiro atoms. The van der Waals surface area contributed by atoms with Crippen LogP contribution >= 0.6 is 0 Å². The van der Waals surface area contributed by atoms with Gasteiger partial charge in [0.15, 0.2) is 0 Å². The van der Waals surface area contributed by atoms with Crippen LogP contribution in [0.4, 0.5) is 0 Å². The minimum Gasteiger partial charge on any atom is -0.385 e. The van der Waals surface area contributed by atoms with Gasteiger partial charge in [-0.25, -0.2) is 0 Å². The molecule has 0 radical (unpaired) electrons. The number of hydrogen-bond acceptors (Lipinski definition) is 1. The van der Waals surface area contributed by atoms with E-state index in [1.165, 1.54) is 11.1 Å². The molecular formula is C14H22O. The van der Waals surface area contributed by atoms with E-state index in [-0.39, 0.29) is 0 Å². The van der Waals surface area contributed by atoms with E-state index in [9.17, 15) is 0 Å². The van der Waals surface area contributed by atoms with Crippen LogP contribution < -0.4 is 0 Å². The molecule has 1 rings (SSSR count). The van der Waals surface area contributed by atoms with Crippen LogP contribution in [0.5, 0.6) is 0 Å². The quantitative estimate of drug-likeness (QED) is 0.712. The topological polar surface area (TPSA) is 9.23 Å². The third kappa shape index (κ3) is 3.67. The second kappa shape index (κ2) is 5.92. The maximum Gasteiger partial charge on any atom is 0.0468 e. The van der Waals surface area contributed by atoms with Crippen molar-refractivity contribution >= 4 is 0 Å². The zero-order valence-corrected chi connectivity index (χ0v) is 10.3. The number of ether oxygens (including phenoxy) is 1. The fourth-order valence-electron chi connectivity index (χ4n) is 2.03. The number of methoxy groups -OCH3 is 1. The van der Waals surface area contributed by atoms with E-state index in [0.29, 0.717) is 11.8 Å². The van der Waals surface area contributed by atoms with Crippen LogP contribution in [0, 0.1) is 12.8 Å². The Bertz CT molecular complexity index is 291. The molecule has 0 aromatic heterocycles. The van der Waals surface area contributed by atoms with Crippen molar-refractivity contribution in [3.05, 3.63) is 35.4 Å². The van der Waals surface area contributed by atoms with Crippen LogP contribution in [0.1, 0.15) is 37.3 Å². The van der Waals surface area contributed by atoms with Gasteiger partial charge in [-0.2, -0.15) is 0 Å². The van der Waals surface area contributed by atoms with E-state index < -0.39 is 0 Å². The highest BCUT2D eigenvalue weighted by Gasteiger charge is 2.15. The normalized spacial score (nSPS) is 13.1. The molecule has 15 heavy (non-hydrogen) atoms. The van der Waals surface area contributed by atoms with Gasteiger partial charge in [-0.15, -0.1) is 0 Å². The van der Waals surface area contributed by atoms with Gasteiger partial charge < -0.3 is 4.74 Å². The summed E-state index contributed by atoms with van der Waals surface area (Å²) in [6.07, 6.45) is 1.11. The molecule has 0 heterocycles. The largest absolute Gasteiger partial charge is 0.385 e. The maximum absolute atomic E-state index is 5.17. The lowest BCUT2D eigenvalue weighted by molar-refractivity contribution is 0.181. The highest BCUT2D eigenvalue weighted by atomic mass is 16.5. The van der Waals surface area contributed by atoms with E-state index in [1.807, 2.05) is 0 Å². The van der Waals surface area contributed by atoms with Crippen molar-refractivity contribution in [3.8, 4) is 0 Å². The van der Waals surface area contributed by atoms with Gasteiger partial charge >= 0.3 is 0 Å². The standard InChI is InChI=1S/C14H22O/c1-11(2)14(8-9-15-4)13-7-5-6-12(3)10-13/h5-7,10-11,14H,8-9H2,1-4H3/t14-/m0/s1. The molecule has 0 bridgehead atoms. The van der Waals surface area contributed by atoms with Crippen molar-refractivity contribution in [2.24, 2.45) is 5.92 Å². The third-order valence-corrected chi connectivity index (χ3v) is 2.91. The van der Waals surface area contributed by atoms with Gasteiger partial charge in [0.2, 0.25) is 0 Å². The summed E-state index contributed by atoms with van der Waals surface area (Å²) in [6.45, 7) is 7.55. The molecule has 0 aliphatic heterocycles. The van der Waals surface area contributed by atoms with Gasteiger partial charge in [0.25, 0.3) is 0 Å². The van der Waals surface area contributed by atoms with Crippen LogP contribution in [0.2, 0.25) is 0 Å². The monoisotopic (exact) mass is 206 g/mol. The number of rotatable bonds is 5. The summed E-state index contributed by atoms with van der Waals surface area (Å²) in [4.78, 5) is 0. The van der Waals surface area contributed by atoms with E-state index in [4.69, 9.17) is 4.74 Å². The zero-order chi connectivity index (χ0) is 11.3. The van der Waals surface area contributed by atoms with Crippen LogP contribution in [-0.4, -0.2) is 13.7 Å². The average Bonchev–Trinajstić information content (AvgIpc) is 2.18. The Hall–Kier alpha value is -0.820. The molecule has 0 aliphatic carbocycles. The highest BCUT2D eigenvalue weighted by molar-refractivity contribution is 5.25. The minimum absolute atomic E-state index is 0.616. The fraction of sp³-hybridized carbons (Fsp3) is 0.571. The van der Waals surface area contributed by atoms with Crippen molar-refractivity contribution in [3.63, 3.8) is 0 Å². The van der Waals surface area contributed by atoms with Crippen LogP contribution in [0.15, 0.2) is 24.3 Å². The molecule has 1 aromatic rings. The Balaban J connectivity index is 2.79. The molecule has 0 saturated heterocycles. The van der Waals surface area contributed by atoms with Crippen molar-refractivity contribution in [1.29, 1.82) is 0 Å². The number of benzene rings is 1. The Morgan fingerprint density at radius 1 is 1.27 bits per heavy atom. The summed E-state index contributed by atoms with van der Waals surface area (Å²) in [5, 5.41) is 0. The van der Waals surface area contributed by atoms with E-state index in [0.717, 1.165) is 13.0 Å². The molecule has 1 heteroatoms. The molecular weight excluding hydrogens is 184 g/mol. The van der Waals surface area contributed by atoms with Crippen LogP contribution in [-0.2, 0) is 4.74 Å². The van der Waals surface area contributed by atoms with E-state index >= 15 is 0 Å². The first-order valence-corrected chi connectivity index (χ1v) is 5.70. The van der Waals surface area contributed by atoms with Gasteiger partial charge in [0.05, 0.1) is 0 Å². The summed E-state index contributed by atoms with van der Waals surface area (Å²) in [7, 11) is 1.77. The molecule has 0 amide bonds. The lowest BCUT2D eigenvalue weighted by Crippen LogP contribution is -2.09. The van der Waals surface area contributed by atoms with Gasteiger partial charge in [-0.05, 0) is 30.7 Å². The van der Waals surface area contributed by atoms with Gasteiger partial charge in [-0.1, -0.05) is 43.7 Å². The van der Waals surface area contributed by atoms with Gasteiger partial charge in [0, 0.05) is 13.7 Å². The minimum atomic E-state index is 0.616. The zero-order valence-electron chi connectivity index (χ0n) is 10.3. The average molecular weight is 206 g/mol. The maximum atomic E-state index is 5.17. The lowest BCUT2D eigenvalue weighted by Gasteiger charge is -2.21. The smallest absolute Gasteiger partial charge is 0.0468 e. The number of aryl methyl sites for hydroxylation is 1. The van der Waals surface area contributed by atoms with Gasteiger partial charge in [0.1, 0.15) is 0 Å². The van der Waals surface area contributed by atoms with Gasteiger partial charge in [-0.3, -0.25) is 0 Å². The third-order valence-electron chi connectivity index (χ3n) is 2.91. The highest BCUT2D eigenvalue weighted by Crippen LogP contribution is 2.28. The van der Waals surface area contributed by atoms with Crippen molar-refractivity contribution < 1.29 is 4.74 Å². The molecule has 1 aromatic carbocycles. The molecule has 0 fully saturated rings. The molecule has 0 N–H and O–H groups in total. The van der Waals surface area contributed by atoms with Crippen LogP contribution in [0.3, 0.4) is 0 Å². The molecule has 0 unspecified atom stereocenters. The van der Waals surface area contributed by atoms with Crippen LogP contribution in [0.25, 0.3) is 0 Å². The Morgan fingerprint density at radius 2 is 2.00 bits per heavy atom. The first kappa shape index (κ1) is 12.3. The molecule has 0 aliphatic rings. The lowest BCUT2D eigenvalue weighted by atomic mass is 9.85. The van der Waals surface area contributed by atoms with Crippen molar-refractivity contribution in [1.82, 2.24) is 0 Å². The summed E-state index contributed by atoms with van der Waals surface area (Å²) in [5.41, 5.74) is 2.79. The second-order valence-corrected chi connectivity index (χ2v) is 4.55. The first-order valence-electron chi connectivity index (χ1n) is 5.70. The van der Waals surface area contributed by atoms with Crippen molar-refractivity contribution in [2.75, 3.05) is 13.7 Å². The van der Waals surface area contributed by atoms with E-state index in [2.05, 4.69) is 45.0 Å². The predicted octanol–water partition coefficient (Wildman–Crippen LogP) is 3.77. The van der Waals surface area contributed by atoms with E-state index in [1.54, 1.807) is 7.11 Å².